The van der Waals surface area contributed by atoms with Gasteiger partial charge in [0, 0.05) is 5.38 Å². The van der Waals surface area contributed by atoms with Gasteiger partial charge in [0.25, 0.3) is 0 Å². The van der Waals surface area contributed by atoms with E-state index in [1.54, 1.807) is 42.6 Å². The molecule has 4 rings (SSSR count). The molecule has 3 aromatic heterocycles. The Morgan fingerprint density at radius 3 is 2.41 bits per heavy atom. The molecule has 0 aliphatic heterocycles. The van der Waals surface area contributed by atoms with Gasteiger partial charge in [-0.3, -0.25) is 9.29 Å². The van der Waals surface area contributed by atoms with Crippen molar-refractivity contribution in [2.24, 2.45) is 0 Å². The summed E-state index contributed by atoms with van der Waals surface area (Å²) >= 11 is 1.26. The van der Waals surface area contributed by atoms with Crippen LogP contribution in [0.25, 0.3) is 17.3 Å². The van der Waals surface area contributed by atoms with Crippen LogP contribution in [0.5, 0.6) is 11.5 Å². The van der Waals surface area contributed by atoms with Crippen molar-refractivity contribution < 1.29 is 27.4 Å². The van der Waals surface area contributed by atoms with E-state index >= 15 is 0 Å². The first-order chi connectivity index (χ1) is 16.3. The van der Waals surface area contributed by atoms with Gasteiger partial charge in [-0.15, -0.1) is 21.5 Å². The van der Waals surface area contributed by atoms with Crippen molar-refractivity contribution in [3.63, 3.8) is 0 Å². The van der Waals surface area contributed by atoms with Crippen LogP contribution in [-0.2, 0) is 10.0 Å². The minimum atomic E-state index is -4.14. The SMILES string of the molecule is COc1cccc(OC)c1-n1c(NS(=O)(=O)[C@@H](C)[C@@H](O)c2cscn2)nnc1-c1ccc(C)o1. The molecule has 2 atom stereocenters. The zero-order chi connectivity index (χ0) is 24.5. The average molecular weight is 506 g/mol. The summed E-state index contributed by atoms with van der Waals surface area (Å²) in [5, 5.41) is 19.2. The van der Waals surface area contributed by atoms with E-state index < -0.39 is 21.4 Å². The number of aromatic nitrogens is 4. The second kappa shape index (κ2) is 9.44. The number of aryl methyl sites for hydroxylation is 1. The molecular weight excluding hydrogens is 482 g/mol. The molecule has 34 heavy (non-hydrogen) atoms. The first-order valence-electron chi connectivity index (χ1n) is 10.1. The van der Waals surface area contributed by atoms with Gasteiger partial charge in [0.1, 0.15) is 34.3 Å². The van der Waals surface area contributed by atoms with Gasteiger partial charge < -0.3 is 19.0 Å². The van der Waals surface area contributed by atoms with Crippen LogP contribution in [0.3, 0.4) is 0 Å². The first kappa shape index (κ1) is 23.7. The fourth-order valence-corrected chi connectivity index (χ4v) is 4.96. The van der Waals surface area contributed by atoms with Crippen molar-refractivity contribution in [3.05, 3.63) is 52.7 Å². The number of nitrogens with one attached hydrogen (secondary N) is 1. The highest BCUT2D eigenvalue weighted by Crippen LogP contribution is 2.38. The summed E-state index contributed by atoms with van der Waals surface area (Å²) in [6, 6.07) is 8.58. The van der Waals surface area contributed by atoms with Gasteiger partial charge in [-0.25, -0.2) is 13.4 Å². The standard InChI is InChI=1S/C21H23N5O6S2/c1-12-8-9-17(32-12)20-23-24-21(26(20)18-15(30-3)6-5-7-16(18)31-4)25-34(28,29)13(2)19(27)14-10-33-11-22-14/h5-11,13,19,27H,1-4H3,(H,24,25)/t13-,19+/m0/s1. The second-order valence-electron chi connectivity index (χ2n) is 7.31. The molecule has 0 saturated carbocycles. The Kier molecular flexibility index (Phi) is 6.59. The summed E-state index contributed by atoms with van der Waals surface area (Å²) in [7, 11) is -1.18. The number of ether oxygens (including phenoxy) is 2. The Labute approximate surface area is 200 Å². The second-order valence-corrected chi connectivity index (χ2v) is 10.1. The number of aliphatic hydroxyl groups is 1. The number of rotatable bonds is 9. The number of furan rings is 1. The maximum Gasteiger partial charge on any atom is 0.243 e. The van der Waals surface area contributed by atoms with Gasteiger partial charge in [0.05, 0.1) is 25.4 Å². The number of hydrogen-bond donors (Lipinski definition) is 2. The molecule has 0 unspecified atom stereocenters. The van der Waals surface area contributed by atoms with Crippen LogP contribution in [0.1, 0.15) is 24.5 Å². The molecule has 0 bridgehead atoms. The molecule has 0 saturated heterocycles. The fraction of sp³-hybridized carbons (Fsp3) is 0.286. The predicted octanol–water partition coefficient (Wildman–Crippen LogP) is 3.17. The van der Waals surface area contributed by atoms with Gasteiger partial charge in [0.15, 0.2) is 5.76 Å². The number of thiazole rings is 1. The molecule has 0 fully saturated rings. The largest absolute Gasteiger partial charge is 0.494 e. The van der Waals surface area contributed by atoms with Crippen molar-refractivity contribution in [2.45, 2.75) is 25.2 Å². The molecule has 3 heterocycles. The minimum absolute atomic E-state index is 0.135. The number of anilines is 1. The van der Waals surface area contributed by atoms with Crippen molar-refractivity contribution in [2.75, 3.05) is 18.9 Å². The molecule has 0 aliphatic rings. The maximum absolute atomic E-state index is 13.2. The molecular formula is C21H23N5O6S2. The van der Waals surface area contributed by atoms with Gasteiger partial charge >= 0.3 is 0 Å². The van der Waals surface area contributed by atoms with Crippen LogP contribution in [0, 0.1) is 6.92 Å². The minimum Gasteiger partial charge on any atom is -0.494 e. The molecule has 1 aromatic carbocycles. The van der Waals surface area contributed by atoms with E-state index in [4.69, 9.17) is 13.9 Å². The lowest BCUT2D eigenvalue weighted by Crippen LogP contribution is -2.32. The number of methoxy groups -OCH3 is 2. The van der Waals surface area contributed by atoms with Crippen LogP contribution in [-0.4, -0.2) is 52.7 Å². The van der Waals surface area contributed by atoms with Crippen LogP contribution in [0.2, 0.25) is 0 Å². The Hall–Kier alpha value is -3.42. The molecule has 0 aliphatic carbocycles. The molecule has 0 spiro atoms. The Balaban J connectivity index is 1.84. The van der Waals surface area contributed by atoms with E-state index in [-0.39, 0.29) is 17.5 Å². The lowest BCUT2D eigenvalue weighted by atomic mass is 10.2. The lowest BCUT2D eigenvalue weighted by molar-refractivity contribution is 0.172. The third-order valence-corrected chi connectivity index (χ3v) is 7.48. The number of nitrogens with zero attached hydrogens (tertiary/aromatic N) is 4. The highest BCUT2D eigenvalue weighted by atomic mass is 32.2. The van der Waals surface area contributed by atoms with E-state index in [0.29, 0.717) is 28.7 Å². The number of sulfonamides is 1. The van der Waals surface area contributed by atoms with E-state index in [1.807, 2.05) is 0 Å². The van der Waals surface area contributed by atoms with Crippen LogP contribution in [0.4, 0.5) is 5.95 Å². The fourth-order valence-electron chi connectivity index (χ4n) is 3.33. The quantitative estimate of drug-likeness (QED) is 0.351. The van der Waals surface area contributed by atoms with Gasteiger partial charge in [-0.2, -0.15) is 0 Å². The predicted molar refractivity (Wildman–Crippen MR) is 126 cm³/mol. The molecule has 11 nitrogen and oxygen atoms in total. The maximum atomic E-state index is 13.2. The zero-order valence-electron chi connectivity index (χ0n) is 18.8. The third-order valence-electron chi connectivity index (χ3n) is 5.17. The van der Waals surface area contributed by atoms with Crippen LogP contribution in [0.15, 0.2) is 45.6 Å². The number of hydrogen-bond acceptors (Lipinski definition) is 10. The summed E-state index contributed by atoms with van der Waals surface area (Å²) in [5.41, 5.74) is 2.16. The Morgan fingerprint density at radius 1 is 1.15 bits per heavy atom. The molecule has 13 heteroatoms. The Bertz CT molecular complexity index is 1360. The van der Waals surface area contributed by atoms with Gasteiger partial charge in [-0.05, 0) is 38.1 Å². The van der Waals surface area contributed by atoms with Crippen LogP contribution < -0.4 is 14.2 Å². The monoisotopic (exact) mass is 505 g/mol. The topological polar surface area (TPSA) is 142 Å². The van der Waals surface area contributed by atoms with E-state index in [0.717, 1.165) is 0 Å². The van der Waals surface area contributed by atoms with Crippen molar-refractivity contribution in [1.29, 1.82) is 0 Å². The molecule has 180 valence electrons. The summed E-state index contributed by atoms with van der Waals surface area (Å²) in [6.45, 7) is 3.16. The number of aliphatic hydroxyl groups excluding tert-OH is 1. The molecule has 2 N–H and O–H groups in total. The van der Waals surface area contributed by atoms with E-state index in [1.165, 1.54) is 42.6 Å². The summed E-state index contributed by atoms with van der Waals surface area (Å²) < 4.78 is 47.1. The van der Waals surface area contributed by atoms with E-state index in [9.17, 15) is 13.5 Å². The molecule has 0 amide bonds. The van der Waals surface area contributed by atoms with Crippen molar-refractivity contribution in [3.8, 4) is 28.8 Å². The van der Waals surface area contributed by atoms with Gasteiger partial charge in [0.2, 0.25) is 21.8 Å². The number of para-hydroxylation sites is 1. The smallest absolute Gasteiger partial charge is 0.243 e. The highest BCUT2D eigenvalue weighted by Gasteiger charge is 2.33. The zero-order valence-corrected chi connectivity index (χ0v) is 20.4. The summed E-state index contributed by atoms with van der Waals surface area (Å²) in [4.78, 5) is 4.01. The average Bonchev–Trinajstić information content (AvgIpc) is 3.58. The third kappa shape index (κ3) is 4.36. The summed E-state index contributed by atoms with van der Waals surface area (Å²) in [5.74, 6) is 1.86. The van der Waals surface area contributed by atoms with Crippen molar-refractivity contribution in [1.82, 2.24) is 19.7 Å². The summed E-state index contributed by atoms with van der Waals surface area (Å²) in [6.07, 6.45) is -1.34. The normalized spacial score (nSPS) is 13.4. The van der Waals surface area contributed by atoms with Crippen LogP contribution >= 0.6 is 11.3 Å². The highest BCUT2D eigenvalue weighted by molar-refractivity contribution is 7.93. The first-order valence-corrected chi connectivity index (χ1v) is 12.6. The lowest BCUT2D eigenvalue weighted by Gasteiger charge is -2.20. The number of benzene rings is 1. The van der Waals surface area contributed by atoms with Crippen molar-refractivity contribution >= 4 is 27.3 Å². The Morgan fingerprint density at radius 2 is 1.85 bits per heavy atom. The molecule has 4 aromatic rings. The molecule has 0 radical (unpaired) electrons. The van der Waals surface area contributed by atoms with Gasteiger partial charge in [-0.1, -0.05) is 6.07 Å². The van der Waals surface area contributed by atoms with E-state index in [2.05, 4.69) is 19.9 Å².